The number of nitrogens with two attached hydrogens (primary N) is 1. The third kappa shape index (κ3) is 5.00. The van der Waals surface area contributed by atoms with Gasteiger partial charge in [0.05, 0.1) is 12.2 Å². The molecule has 1 aromatic rings. The van der Waals surface area contributed by atoms with E-state index in [4.69, 9.17) is 10.5 Å². The second kappa shape index (κ2) is 7.61. The van der Waals surface area contributed by atoms with Crippen molar-refractivity contribution in [2.75, 3.05) is 23.8 Å². The van der Waals surface area contributed by atoms with E-state index in [1.165, 1.54) is 0 Å². The van der Waals surface area contributed by atoms with Crippen molar-refractivity contribution in [2.24, 2.45) is 0 Å². The molecule has 0 aliphatic carbocycles. The quantitative estimate of drug-likeness (QED) is 0.496. The highest BCUT2D eigenvalue weighted by atomic mass is 79.9. The fourth-order valence-corrected chi connectivity index (χ4v) is 2.27. The summed E-state index contributed by atoms with van der Waals surface area (Å²) in [6.45, 7) is 2.56. The van der Waals surface area contributed by atoms with Crippen LogP contribution in [0.2, 0.25) is 0 Å². The lowest BCUT2D eigenvalue weighted by molar-refractivity contribution is 0.0505. The topological polar surface area (TPSA) is 52.3 Å². The molecular weight excluding hydrogens is 302 g/mol. The van der Waals surface area contributed by atoms with Crippen molar-refractivity contribution in [2.45, 2.75) is 13.3 Å². The fraction of sp³-hybridized carbons (Fsp3) is 0.417. The summed E-state index contributed by atoms with van der Waals surface area (Å²) in [7, 11) is 0. The minimum Gasteiger partial charge on any atom is -0.462 e. The Labute approximate surface area is 114 Å². The number of halogens is 1. The zero-order valence-electron chi connectivity index (χ0n) is 9.74. The van der Waals surface area contributed by atoms with Gasteiger partial charge < -0.3 is 10.5 Å². The molecule has 0 saturated carbocycles. The number of esters is 1. The van der Waals surface area contributed by atoms with E-state index in [9.17, 15) is 4.79 Å². The number of thioether (sulfide) groups is 1. The van der Waals surface area contributed by atoms with E-state index in [2.05, 4.69) is 22.9 Å². The Bertz CT molecular complexity index is 385. The minimum absolute atomic E-state index is 0.328. The average Bonchev–Trinajstić information content (AvgIpc) is 2.32. The van der Waals surface area contributed by atoms with Gasteiger partial charge in [0.1, 0.15) is 0 Å². The van der Waals surface area contributed by atoms with Crippen LogP contribution in [0.1, 0.15) is 23.7 Å². The van der Waals surface area contributed by atoms with E-state index in [0.717, 1.165) is 17.9 Å². The van der Waals surface area contributed by atoms with Crippen LogP contribution < -0.4 is 5.73 Å². The van der Waals surface area contributed by atoms with Crippen LogP contribution in [-0.4, -0.2) is 24.1 Å². The maximum absolute atomic E-state index is 11.7. The van der Waals surface area contributed by atoms with Gasteiger partial charge in [-0.05, 0) is 52.1 Å². The summed E-state index contributed by atoms with van der Waals surface area (Å²) >= 11 is 5.15. The Balaban J connectivity index is 2.44. The fourth-order valence-electron chi connectivity index (χ4n) is 1.25. The number of anilines is 1. The van der Waals surface area contributed by atoms with E-state index in [0.29, 0.717) is 22.3 Å². The maximum Gasteiger partial charge on any atom is 0.339 e. The first kappa shape index (κ1) is 14.4. The molecular formula is C12H16BrNO2S. The number of benzene rings is 1. The first-order valence-electron chi connectivity index (χ1n) is 5.45. The third-order valence-electron chi connectivity index (χ3n) is 2.08. The molecule has 0 saturated heterocycles. The highest BCUT2D eigenvalue weighted by Crippen LogP contribution is 2.20. The molecule has 1 aromatic carbocycles. The first-order chi connectivity index (χ1) is 8.15. The van der Waals surface area contributed by atoms with E-state index in [1.807, 2.05) is 11.8 Å². The summed E-state index contributed by atoms with van der Waals surface area (Å²) in [5, 5.41) is 0. The SMILES string of the molecule is CCSCCCOC(=O)c1cc(N)ccc1Br. The molecule has 0 unspecified atom stereocenters. The maximum atomic E-state index is 11.7. The highest BCUT2D eigenvalue weighted by molar-refractivity contribution is 9.10. The molecule has 0 aliphatic heterocycles. The van der Waals surface area contributed by atoms with Gasteiger partial charge >= 0.3 is 5.97 Å². The van der Waals surface area contributed by atoms with Crippen LogP contribution in [0.5, 0.6) is 0 Å². The molecule has 0 amide bonds. The second-order valence-corrected chi connectivity index (χ2v) is 5.67. The van der Waals surface area contributed by atoms with E-state index >= 15 is 0 Å². The van der Waals surface area contributed by atoms with Crippen molar-refractivity contribution in [3.05, 3.63) is 28.2 Å². The van der Waals surface area contributed by atoms with Crippen LogP contribution in [0.25, 0.3) is 0 Å². The summed E-state index contributed by atoms with van der Waals surface area (Å²) in [6.07, 6.45) is 0.879. The van der Waals surface area contributed by atoms with Gasteiger partial charge in [0.15, 0.2) is 0 Å². The number of hydrogen-bond donors (Lipinski definition) is 1. The zero-order valence-corrected chi connectivity index (χ0v) is 12.1. The van der Waals surface area contributed by atoms with Crippen molar-refractivity contribution < 1.29 is 9.53 Å². The van der Waals surface area contributed by atoms with E-state index in [1.54, 1.807) is 18.2 Å². The lowest BCUT2D eigenvalue weighted by Gasteiger charge is -2.06. The number of rotatable bonds is 6. The average molecular weight is 318 g/mol. The Morgan fingerprint density at radius 1 is 1.53 bits per heavy atom. The number of carbonyl (C=O) groups excluding carboxylic acids is 1. The van der Waals surface area contributed by atoms with Gasteiger partial charge in [0, 0.05) is 10.2 Å². The second-order valence-electron chi connectivity index (χ2n) is 3.43. The Hall–Kier alpha value is -0.680. The molecule has 1 rings (SSSR count). The Morgan fingerprint density at radius 2 is 2.29 bits per heavy atom. The lowest BCUT2D eigenvalue weighted by atomic mass is 10.2. The molecule has 0 spiro atoms. The Morgan fingerprint density at radius 3 is 3.00 bits per heavy atom. The molecule has 17 heavy (non-hydrogen) atoms. The monoisotopic (exact) mass is 317 g/mol. The molecule has 0 bridgehead atoms. The predicted molar refractivity (Wildman–Crippen MR) is 76.5 cm³/mol. The summed E-state index contributed by atoms with van der Waals surface area (Å²) in [6, 6.07) is 5.10. The van der Waals surface area contributed by atoms with Crippen molar-refractivity contribution in [1.29, 1.82) is 0 Å². The van der Waals surface area contributed by atoms with E-state index < -0.39 is 0 Å². The summed E-state index contributed by atoms with van der Waals surface area (Å²) < 4.78 is 5.88. The van der Waals surface area contributed by atoms with Gasteiger partial charge in [-0.25, -0.2) is 4.79 Å². The summed E-state index contributed by atoms with van der Waals surface area (Å²) in [5.74, 6) is 1.78. The van der Waals surface area contributed by atoms with Crippen LogP contribution in [-0.2, 0) is 4.74 Å². The molecule has 0 radical (unpaired) electrons. The molecule has 0 aliphatic rings. The minimum atomic E-state index is -0.328. The molecule has 0 heterocycles. The predicted octanol–water partition coefficient (Wildman–Crippen LogP) is 3.33. The van der Waals surface area contributed by atoms with Crippen molar-refractivity contribution >= 4 is 39.3 Å². The van der Waals surface area contributed by atoms with Gasteiger partial charge in [0.2, 0.25) is 0 Å². The van der Waals surface area contributed by atoms with Gasteiger partial charge in [-0.15, -0.1) is 0 Å². The van der Waals surface area contributed by atoms with Gasteiger partial charge in [-0.3, -0.25) is 0 Å². The van der Waals surface area contributed by atoms with Crippen LogP contribution in [0, 0.1) is 0 Å². The third-order valence-corrected chi connectivity index (χ3v) is 3.76. The number of nitrogen functional groups attached to an aromatic ring is 1. The summed E-state index contributed by atoms with van der Waals surface area (Å²) in [4.78, 5) is 11.7. The highest BCUT2D eigenvalue weighted by Gasteiger charge is 2.11. The standard InChI is InChI=1S/C12H16BrNO2S/c1-2-17-7-3-6-16-12(15)10-8-9(14)4-5-11(10)13/h4-5,8H,2-3,6-7,14H2,1H3. The number of hydrogen-bond acceptors (Lipinski definition) is 4. The van der Waals surface area contributed by atoms with Crippen molar-refractivity contribution in [1.82, 2.24) is 0 Å². The molecule has 0 atom stereocenters. The van der Waals surface area contributed by atoms with Crippen molar-refractivity contribution in [3.63, 3.8) is 0 Å². The molecule has 0 fully saturated rings. The van der Waals surface area contributed by atoms with Crippen LogP contribution in [0.4, 0.5) is 5.69 Å². The number of ether oxygens (including phenoxy) is 1. The first-order valence-corrected chi connectivity index (χ1v) is 7.39. The molecule has 2 N–H and O–H groups in total. The van der Waals surface area contributed by atoms with Crippen LogP contribution in [0.15, 0.2) is 22.7 Å². The van der Waals surface area contributed by atoms with Crippen molar-refractivity contribution in [3.8, 4) is 0 Å². The van der Waals surface area contributed by atoms with Gasteiger partial charge in [-0.1, -0.05) is 6.92 Å². The lowest BCUT2D eigenvalue weighted by Crippen LogP contribution is -2.08. The molecule has 94 valence electrons. The smallest absolute Gasteiger partial charge is 0.339 e. The normalized spacial score (nSPS) is 10.2. The van der Waals surface area contributed by atoms with E-state index in [-0.39, 0.29) is 5.97 Å². The van der Waals surface area contributed by atoms with Gasteiger partial charge in [-0.2, -0.15) is 11.8 Å². The molecule has 5 heteroatoms. The zero-order chi connectivity index (χ0) is 12.7. The summed E-state index contributed by atoms with van der Waals surface area (Å²) in [5.41, 5.74) is 6.66. The van der Waals surface area contributed by atoms with Crippen LogP contribution >= 0.6 is 27.7 Å². The molecule has 3 nitrogen and oxygen atoms in total. The largest absolute Gasteiger partial charge is 0.462 e. The van der Waals surface area contributed by atoms with Gasteiger partial charge in [0.25, 0.3) is 0 Å². The Kier molecular flexibility index (Phi) is 6.44. The number of carbonyl (C=O) groups is 1. The van der Waals surface area contributed by atoms with Crippen LogP contribution in [0.3, 0.4) is 0 Å². The molecule has 0 aromatic heterocycles.